The lowest BCUT2D eigenvalue weighted by Gasteiger charge is -2.29. The maximum atomic E-state index is 12.6. The molecule has 3 amide bonds. The Morgan fingerprint density at radius 2 is 2.04 bits per heavy atom. The summed E-state index contributed by atoms with van der Waals surface area (Å²) in [7, 11) is 0. The number of anilines is 1. The van der Waals surface area contributed by atoms with Crippen molar-refractivity contribution in [2.45, 2.75) is 32.5 Å². The molecule has 7 nitrogen and oxygen atoms in total. The number of benzene rings is 1. The first-order valence-corrected chi connectivity index (χ1v) is 9.02. The third-order valence-electron chi connectivity index (χ3n) is 4.80. The van der Waals surface area contributed by atoms with Crippen molar-refractivity contribution in [3.05, 3.63) is 46.7 Å². The maximum Gasteiger partial charge on any atom is 0.318 e. The molecule has 2 aromatic rings. The summed E-state index contributed by atoms with van der Waals surface area (Å²) in [5, 5.41) is 8.03. The third-order valence-corrected chi connectivity index (χ3v) is 5.05. The van der Waals surface area contributed by atoms with Gasteiger partial charge in [-0.15, -0.1) is 0 Å². The number of carbonyl (C=O) groups excluding carboxylic acids is 2. The number of carbonyl (C=O) groups is 2. The van der Waals surface area contributed by atoms with Gasteiger partial charge in [-0.3, -0.25) is 9.48 Å². The zero-order valence-corrected chi connectivity index (χ0v) is 15.2. The quantitative estimate of drug-likeness (QED) is 0.877. The number of fused-ring (bicyclic) bond motifs is 1. The molecule has 0 spiro atoms. The van der Waals surface area contributed by atoms with Crippen LogP contribution in [-0.2, 0) is 17.9 Å². The highest BCUT2D eigenvalue weighted by Crippen LogP contribution is 2.23. The molecule has 0 radical (unpaired) electrons. The monoisotopic (exact) mass is 373 g/mol. The van der Waals surface area contributed by atoms with Gasteiger partial charge in [-0.05, 0) is 37.3 Å². The predicted octanol–water partition coefficient (Wildman–Crippen LogP) is 2.18. The Morgan fingerprint density at radius 1 is 1.27 bits per heavy atom. The van der Waals surface area contributed by atoms with Gasteiger partial charge in [-0.25, -0.2) is 4.79 Å². The summed E-state index contributed by atoms with van der Waals surface area (Å²) in [6.07, 6.45) is 0.305. The number of aromatic nitrogens is 2. The molecule has 3 heterocycles. The van der Waals surface area contributed by atoms with Crippen LogP contribution in [0.4, 0.5) is 10.5 Å². The predicted molar refractivity (Wildman–Crippen MR) is 98.1 cm³/mol. The van der Waals surface area contributed by atoms with E-state index in [2.05, 4.69) is 10.4 Å². The van der Waals surface area contributed by atoms with Gasteiger partial charge in [-0.2, -0.15) is 5.10 Å². The molecule has 26 heavy (non-hydrogen) atoms. The highest BCUT2D eigenvalue weighted by Gasteiger charge is 2.33. The Morgan fingerprint density at radius 3 is 2.81 bits per heavy atom. The number of nitrogens with one attached hydrogen (secondary N) is 1. The Balaban J connectivity index is 1.38. The second-order valence-corrected chi connectivity index (χ2v) is 7.19. The molecular weight excluding hydrogens is 354 g/mol. The summed E-state index contributed by atoms with van der Waals surface area (Å²) in [6, 6.07) is 8.83. The molecule has 1 N–H and O–H groups in total. The number of urea groups is 1. The molecule has 1 atom stereocenters. The average molecular weight is 374 g/mol. The lowest BCUT2D eigenvalue weighted by Crippen LogP contribution is -2.48. The van der Waals surface area contributed by atoms with Crippen molar-refractivity contribution in [2.75, 3.05) is 18.0 Å². The van der Waals surface area contributed by atoms with Crippen LogP contribution in [0.25, 0.3) is 0 Å². The summed E-state index contributed by atoms with van der Waals surface area (Å²) in [5.41, 5.74) is 2.80. The van der Waals surface area contributed by atoms with Gasteiger partial charge in [0.2, 0.25) is 5.91 Å². The van der Waals surface area contributed by atoms with E-state index in [9.17, 15) is 9.59 Å². The number of amides is 3. The fourth-order valence-electron chi connectivity index (χ4n) is 3.52. The Kier molecular flexibility index (Phi) is 4.32. The lowest BCUT2D eigenvalue weighted by molar-refractivity contribution is -0.117. The zero-order chi connectivity index (χ0) is 18.3. The first kappa shape index (κ1) is 16.9. The fraction of sp³-hybridized carbons (Fsp3) is 0.389. The molecule has 1 fully saturated rings. The van der Waals surface area contributed by atoms with Gasteiger partial charge in [0.05, 0.1) is 30.5 Å². The fourth-order valence-corrected chi connectivity index (χ4v) is 3.65. The number of hydrogen-bond donors (Lipinski definition) is 1. The molecule has 136 valence electrons. The van der Waals surface area contributed by atoms with Crippen molar-refractivity contribution in [1.29, 1.82) is 0 Å². The summed E-state index contributed by atoms with van der Waals surface area (Å²) in [5.74, 6) is 0.00460. The first-order valence-electron chi connectivity index (χ1n) is 8.64. The van der Waals surface area contributed by atoms with Gasteiger partial charge in [0.1, 0.15) is 0 Å². The molecule has 0 saturated carbocycles. The minimum atomic E-state index is -0.195. The van der Waals surface area contributed by atoms with Crippen LogP contribution in [0.2, 0.25) is 5.02 Å². The largest absolute Gasteiger partial charge is 0.333 e. The molecule has 2 aliphatic heterocycles. The lowest BCUT2D eigenvalue weighted by atomic mass is 10.2. The highest BCUT2D eigenvalue weighted by atomic mass is 35.5. The smallest absolute Gasteiger partial charge is 0.318 e. The van der Waals surface area contributed by atoms with Gasteiger partial charge in [0, 0.05) is 30.2 Å². The Labute approximate surface area is 156 Å². The second kappa shape index (κ2) is 6.64. The molecule has 1 aromatic carbocycles. The van der Waals surface area contributed by atoms with Crippen LogP contribution < -0.4 is 10.2 Å². The minimum absolute atomic E-state index is 0.00460. The molecule has 8 heteroatoms. The topological polar surface area (TPSA) is 70.5 Å². The van der Waals surface area contributed by atoms with Crippen molar-refractivity contribution < 1.29 is 9.59 Å². The van der Waals surface area contributed by atoms with E-state index in [0.717, 1.165) is 17.1 Å². The second-order valence-electron chi connectivity index (χ2n) is 6.75. The average Bonchev–Trinajstić information content (AvgIpc) is 3.16. The molecule has 0 bridgehead atoms. The number of aryl methyl sites for hydroxylation is 1. The van der Waals surface area contributed by atoms with Crippen molar-refractivity contribution in [3.63, 3.8) is 0 Å². The maximum absolute atomic E-state index is 12.6. The van der Waals surface area contributed by atoms with Gasteiger partial charge in [0.25, 0.3) is 0 Å². The molecule has 2 aliphatic rings. The molecule has 1 aromatic heterocycles. The van der Waals surface area contributed by atoms with E-state index < -0.39 is 0 Å². The van der Waals surface area contributed by atoms with E-state index in [4.69, 9.17) is 11.6 Å². The number of nitrogens with zero attached hydrogens (tertiary/aromatic N) is 4. The van der Waals surface area contributed by atoms with Crippen LogP contribution in [0.3, 0.4) is 0 Å². The molecule has 0 aliphatic carbocycles. The van der Waals surface area contributed by atoms with E-state index in [-0.39, 0.29) is 18.0 Å². The highest BCUT2D eigenvalue weighted by molar-refractivity contribution is 6.30. The van der Waals surface area contributed by atoms with E-state index in [1.165, 1.54) is 0 Å². The van der Waals surface area contributed by atoms with E-state index >= 15 is 0 Å². The van der Waals surface area contributed by atoms with Gasteiger partial charge >= 0.3 is 6.03 Å². The normalized spacial score (nSPS) is 19.6. The van der Waals surface area contributed by atoms with Crippen LogP contribution in [0.5, 0.6) is 0 Å². The summed E-state index contributed by atoms with van der Waals surface area (Å²) >= 11 is 5.90. The van der Waals surface area contributed by atoms with Gasteiger partial charge in [-0.1, -0.05) is 11.6 Å². The van der Waals surface area contributed by atoms with Crippen LogP contribution in [0, 0.1) is 6.92 Å². The molecule has 1 saturated heterocycles. The zero-order valence-electron chi connectivity index (χ0n) is 14.5. The molecular formula is C18H20ClN5O2. The third kappa shape index (κ3) is 3.26. The minimum Gasteiger partial charge on any atom is -0.333 e. The van der Waals surface area contributed by atoms with Crippen molar-refractivity contribution in [2.24, 2.45) is 0 Å². The SMILES string of the molecule is Cc1cc2n(n1)CCN(C(=O)N[C@@H]1CC(=O)N(c3ccc(Cl)cc3)C1)C2. The summed E-state index contributed by atoms with van der Waals surface area (Å²) in [6.45, 7) is 4.26. The van der Waals surface area contributed by atoms with Gasteiger partial charge in [0.15, 0.2) is 0 Å². The summed E-state index contributed by atoms with van der Waals surface area (Å²) in [4.78, 5) is 28.4. The Bertz CT molecular complexity index is 848. The van der Waals surface area contributed by atoms with Crippen LogP contribution >= 0.6 is 11.6 Å². The van der Waals surface area contributed by atoms with Gasteiger partial charge < -0.3 is 15.1 Å². The van der Waals surface area contributed by atoms with Crippen molar-refractivity contribution in [3.8, 4) is 0 Å². The number of halogens is 1. The van der Waals surface area contributed by atoms with Crippen LogP contribution in [0.1, 0.15) is 17.8 Å². The van der Waals surface area contributed by atoms with E-state index in [1.54, 1.807) is 21.9 Å². The Hall–Kier alpha value is -2.54. The van der Waals surface area contributed by atoms with Crippen LogP contribution in [0.15, 0.2) is 30.3 Å². The molecule has 0 unspecified atom stereocenters. The van der Waals surface area contributed by atoms with E-state index in [0.29, 0.717) is 37.6 Å². The molecule has 4 rings (SSSR count). The first-order chi connectivity index (χ1) is 12.5. The standard InChI is InChI=1S/C18H20ClN5O2/c1-12-8-16-11-22(6-7-24(16)21-12)18(26)20-14-9-17(25)23(10-14)15-4-2-13(19)3-5-15/h2-5,8,14H,6-7,9-11H2,1H3,(H,20,26)/t14-/m1/s1. The number of hydrogen-bond acceptors (Lipinski definition) is 3. The summed E-state index contributed by atoms with van der Waals surface area (Å²) < 4.78 is 1.94. The van der Waals surface area contributed by atoms with Crippen molar-refractivity contribution >= 4 is 29.2 Å². The van der Waals surface area contributed by atoms with Crippen molar-refractivity contribution in [1.82, 2.24) is 20.0 Å². The number of rotatable bonds is 2. The van der Waals surface area contributed by atoms with E-state index in [1.807, 2.05) is 29.8 Å². The van der Waals surface area contributed by atoms with Crippen LogP contribution in [-0.4, -0.2) is 45.8 Å².